The Balaban J connectivity index is 1.71. The number of anilines is 1. The van der Waals surface area contributed by atoms with E-state index in [4.69, 9.17) is 4.74 Å². The molecule has 0 aliphatic carbocycles. The molecular weight excluding hydrogens is 336 g/mol. The summed E-state index contributed by atoms with van der Waals surface area (Å²) < 4.78 is 5.37. The van der Waals surface area contributed by atoms with E-state index in [1.807, 2.05) is 22.4 Å². The second-order valence-electron chi connectivity index (χ2n) is 6.51. The molecule has 0 saturated carbocycles. The van der Waals surface area contributed by atoms with Gasteiger partial charge in [-0.1, -0.05) is 13.8 Å². The summed E-state index contributed by atoms with van der Waals surface area (Å²) in [5, 5.41) is 2.89. The number of aromatic nitrogens is 2. The van der Waals surface area contributed by atoms with Crippen LogP contribution < -0.4 is 4.90 Å². The van der Waals surface area contributed by atoms with Crippen LogP contribution in [0.2, 0.25) is 0 Å². The van der Waals surface area contributed by atoms with E-state index in [0.29, 0.717) is 24.6 Å². The van der Waals surface area contributed by atoms with Crippen LogP contribution in [0.3, 0.4) is 0 Å². The Morgan fingerprint density at radius 1 is 1.32 bits per heavy atom. The molecule has 134 valence electrons. The lowest BCUT2D eigenvalue weighted by atomic mass is 10.1. The number of carbonyl (C=O) groups is 1. The van der Waals surface area contributed by atoms with Gasteiger partial charge in [-0.05, 0) is 18.1 Å². The molecule has 25 heavy (non-hydrogen) atoms. The predicted octanol–water partition coefficient (Wildman–Crippen LogP) is 2.67. The highest BCUT2D eigenvalue weighted by atomic mass is 32.1. The van der Waals surface area contributed by atoms with Crippen molar-refractivity contribution in [3.63, 3.8) is 0 Å². The van der Waals surface area contributed by atoms with Gasteiger partial charge < -0.3 is 14.5 Å². The number of ether oxygens (including phenoxy) is 1. The Morgan fingerprint density at radius 2 is 2.12 bits per heavy atom. The second kappa shape index (κ2) is 8.40. The third kappa shape index (κ3) is 4.76. The number of carbonyl (C=O) groups excluding carboxylic acids is 1. The van der Waals surface area contributed by atoms with Crippen LogP contribution in [0, 0.1) is 5.92 Å². The minimum absolute atomic E-state index is 0.00456. The van der Waals surface area contributed by atoms with Crippen LogP contribution in [-0.4, -0.2) is 53.6 Å². The molecule has 1 fully saturated rings. The molecule has 0 aromatic carbocycles. The van der Waals surface area contributed by atoms with E-state index >= 15 is 0 Å². The third-order valence-electron chi connectivity index (χ3n) is 4.01. The van der Waals surface area contributed by atoms with Gasteiger partial charge in [0.1, 0.15) is 10.8 Å². The summed E-state index contributed by atoms with van der Waals surface area (Å²) in [6.07, 6.45) is 3.46. The second-order valence-corrected chi connectivity index (χ2v) is 7.49. The van der Waals surface area contributed by atoms with E-state index in [-0.39, 0.29) is 5.91 Å². The van der Waals surface area contributed by atoms with Crippen molar-refractivity contribution in [1.82, 2.24) is 14.9 Å². The van der Waals surface area contributed by atoms with Crippen LogP contribution in [0.5, 0.6) is 0 Å². The molecule has 0 atom stereocenters. The summed E-state index contributed by atoms with van der Waals surface area (Å²) in [6.45, 7) is 8.58. The summed E-state index contributed by atoms with van der Waals surface area (Å²) in [5.74, 6) is 1.30. The summed E-state index contributed by atoms with van der Waals surface area (Å²) in [7, 11) is 0. The fourth-order valence-electron chi connectivity index (χ4n) is 2.83. The molecule has 0 N–H and O–H groups in total. The van der Waals surface area contributed by atoms with E-state index in [0.717, 1.165) is 37.1 Å². The van der Waals surface area contributed by atoms with Crippen LogP contribution in [0.1, 0.15) is 29.2 Å². The van der Waals surface area contributed by atoms with Gasteiger partial charge in [-0.25, -0.2) is 9.97 Å². The average Bonchev–Trinajstić information content (AvgIpc) is 3.14. The van der Waals surface area contributed by atoms with Gasteiger partial charge in [-0.15, -0.1) is 11.3 Å². The number of thiazole rings is 1. The zero-order valence-corrected chi connectivity index (χ0v) is 15.5. The number of rotatable bonds is 6. The fourth-order valence-corrected chi connectivity index (χ4v) is 3.46. The largest absolute Gasteiger partial charge is 0.378 e. The summed E-state index contributed by atoms with van der Waals surface area (Å²) in [6, 6.07) is 3.80. The summed E-state index contributed by atoms with van der Waals surface area (Å²) >= 11 is 1.57. The molecular formula is C18H24N4O2S. The monoisotopic (exact) mass is 360 g/mol. The molecule has 1 saturated heterocycles. The molecule has 0 bridgehead atoms. The van der Waals surface area contributed by atoms with Crippen molar-refractivity contribution < 1.29 is 9.53 Å². The molecule has 2 aromatic rings. The van der Waals surface area contributed by atoms with Crippen molar-refractivity contribution >= 4 is 23.1 Å². The first-order chi connectivity index (χ1) is 12.1. The van der Waals surface area contributed by atoms with Crippen LogP contribution in [-0.2, 0) is 11.3 Å². The van der Waals surface area contributed by atoms with Gasteiger partial charge in [0.15, 0.2) is 0 Å². The van der Waals surface area contributed by atoms with E-state index in [1.165, 1.54) is 0 Å². The molecule has 1 aliphatic rings. The van der Waals surface area contributed by atoms with Crippen molar-refractivity contribution in [3.05, 3.63) is 40.5 Å². The molecule has 1 amide bonds. The highest BCUT2D eigenvalue weighted by Gasteiger charge is 2.19. The van der Waals surface area contributed by atoms with E-state index in [9.17, 15) is 4.79 Å². The van der Waals surface area contributed by atoms with Crippen molar-refractivity contribution in [1.29, 1.82) is 0 Å². The number of hydrogen-bond donors (Lipinski definition) is 0. The first-order valence-corrected chi connectivity index (χ1v) is 9.48. The van der Waals surface area contributed by atoms with Gasteiger partial charge in [0.2, 0.25) is 0 Å². The lowest BCUT2D eigenvalue weighted by Crippen LogP contribution is -2.37. The van der Waals surface area contributed by atoms with Gasteiger partial charge in [0.05, 0.1) is 25.3 Å². The molecule has 0 unspecified atom stereocenters. The fraction of sp³-hybridized carbons (Fsp3) is 0.500. The van der Waals surface area contributed by atoms with Crippen LogP contribution in [0.15, 0.2) is 29.9 Å². The van der Waals surface area contributed by atoms with Crippen molar-refractivity contribution in [2.45, 2.75) is 20.4 Å². The molecule has 7 heteroatoms. The van der Waals surface area contributed by atoms with Gasteiger partial charge >= 0.3 is 0 Å². The lowest BCUT2D eigenvalue weighted by molar-refractivity contribution is 0.0722. The van der Waals surface area contributed by atoms with E-state index < -0.39 is 0 Å². The highest BCUT2D eigenvalue weighted by molar-refractivity contribution is 7.09. The standard InChI is InChI=1S/C18H24N4O2S/c1-14(2)12-22(13-17-19-5-10-25-17)18(23)15-3-4-16(20-11-15)21-6-8-24-9-7-21/h3-5,10-11,14H,6-9,12-13H2,1-2H3. The summed E-state index contributed by atoms with van der Waals surface area (Å²) in [5.41, 5.74) is 0.620. The number of amides is 1. The summed E-state index contributed by atoms with van der Waals surface area (Å²) in [4.78, 5) is 25.8. The van der Waals surface area contributed by atoms with Crippen molar-refractivity contribution in [2.24, 2.45) is 5.92 Å². The van der Waals surface area contributed by atoms with Gasteiger partial charge in [-0.3, -0.25) is 4.79 Å². The zero-order chi connectivity index (χ0) is 17.6. The van der Waals surface area contributed by atoms with Crippen molar-refractivity contribution in [3.8, 4) is 0 Å². The van der Waals surface area contributed by atoms with Crippen molar-refractivity contribution in [2.75, 3.05) is 37.7 Å². The smallest absolute Gasteiger partial charge is 0.255 e. The minimum Gasteiger partial charge on any atom is -0.378 e. The Kier molecular flexibility index (Phi) is 5.99. The molecule has 1 aliphatic heterocycles. The Morgan fingerprint density at radius 3 is 2.72 bits per heavy atom. The van der Waals surface area contributed by atoms with E-state index in [2.05, 4.69) is 28.7 Å². The predicted molar refractivity (Wildman–Crippen MR) is 99.0 cm³/mol. The molecule has 0 spiro atoms. The Bertz CT molecular complexity index is 667. The van der Waals surface area contributed by atoms with Crippen LogP contribution in [0.25, 0.3) is 0 Å². The molecule has 3 heterocycles. The normalized spacial score (nSPS) is 14.8. The molecule has 3 rings (SSSR count). The number of nitrogens with zero attached hydrogens (tertiary/aromatic N) is 4. The topological polar surface area (TPSA) is 58.6 Å². The lowest BCUT2D eigenvalue weighted by Gasteiger charge is -2.28. The maximum Gasteiger partial charge on any atom is 0.255 e. The Labute approximate surface area is 152 Å². The average molecular weight is 360 g/mol. The van der Waals surface area contributed by atoms with Gasteiger partial charge in [0.25, 0.3) is 5.91 Å². The van der Waals surface area contributed by atoms with Crippen LogP contribution >= 0.6 is 11.3 Å². The minimum atomic E-state index is 0.00456. The highest BCUT2D eigenvalue weighted by Crippen LogP contribution is 2.17. The maximum atomic E-state index is 12.9. The molecule has 6 nitrogen and oxygen atoms in total. The number of pyridine rings is 1. The quantitative estimate of drug-likeness (QED) is 0.793. The SMILES string of the molecule is CC(C)CN(Cc1nccs1)C(=O)c1ccc(N2CCOCC2)nc1. The number of morpholine rings is 1. The van der Waals surface area contributed by atoms with Gasteiger partial charge in [-0.2, -0.15) is 0 Å². The third-order valence-corrected chi connectivity index (χ3v) is 4.78. The first-order valence-electron chi connectivity index (χ1n) is 8.60. The zero-order valence-electron chi connectivity index (χ0n) is 14.7. The first kappa shape index (κ1) is 17.8. The van der Waals surface area contributed by atoms with Crippen LogP contribution in [0.4, 0.5) is 5.82 Å². The molecule has 0 radical (unpaired) electrons. The van der Waals surface area contributed by atoms with E-state index in [1.54, 1.807) is 23.7 Å². The number of hydrogen-bond acceptors (Lipinski definition) is 6. The maximum absolute atomic E-state index is 12.9. The van der Waals surface area contributed by atoms with Gasteiger partial charge in [0, 0.05) is 37.4 Å². The Hall–Kier alpha value is -1.99. The molecule has 2 aromatic heterocycles.